The van der Waals surface area contributed by atoms with E-state index < -0.39 is 0 Å². The lowest BCUT2D eigenvalue weighted by atomic mass is 9.99. The van der Waals surface area contributed by atoms with Crippen LogP contribution in [0, 0.1) is 0 Å². The minimum Gasteiger partial charge on any atom is -0.490 e. The van der Waals surface area contributed by atoms with Gasteiger partial charge >= 0.3 is 0 Å². The van der Waals surface area contributed by atoms with Gasteiger partial charge in [-0.25, -0.2) is 5.43 Å². The Morgan fingerprint density at radius 3 is 2.56 bits per heavy atom. The lowest BCUT2D eigenvalue weighted by molar-refractivity contribution is -0.118. The molecule has 0 bridgehead atoms. The number of carbonyl (C=O) groups is 1. The molecule has 0 saturated carbocycles. The third-order valence-electron chi connectivity index (χ3n) is 4.07. The molecule has 0 heterocycles. The van der Waals surface area contributed by atoms with E-state index in [1.165, 1.54) is 18.7 Å². The Kier molecular flexibility index (Phi) is 8.14. The number of hydrazone groups is 1. The molecule has 27 heavy (non-hydrogen) atoms. The molecule has 0 unspecified atom stereocenters. The third-order valence-corrected chi connectivity index (χ3v) is 4.30. The largest absolute Gasteiger partial charge is 0.490 e. The first kappa shape index (κ1) is 20.8. The van der Waals surface area contributed by atoms with Gasteiger partial charge in [-0.3, -0.25) is 4.79 Å². The summed E-state index contributed by atoms with van der Waals surface area (Å²) in [5.41, 5.74) is 4.34. The van der Waals surface area contributed by atoms with Crippen molar-refractivity contribution in [2.75, 3.05) is 13.2 Å². The minimum atomic E-state index is -0.247. The van der Waals surface area contributed by atoms with Crippen molar-refractivity contribution in [1.29, 1.82) is 0 Å². The van der Waals surface area contributed by atoms with Crippen LogP contribution in [0.1, 0.15) is 44.2 Å². The number of hydrogen-bond acceptors (Lipinski definition) is 4. The second-order valence-electron chi connectivity index (χ2n) is 6.18. The summed E-state index contributed by atoms with van der Waals surface area (Å²) in [5, 5.41) is 4.41. The van der Waals surface area contributed by atoms with E-state index in [-0.39, 0.29) is 5.91 Å². The van der Waals surface area contributed by atoms with Crippen LogP contribution in [-0.4, -0.2) is 25.3 Å². The van der Waals surface area contributed by atoms with Crippen molar-refractivity contribution in [3.05, 3.63) is 58.6 Å². The van der Waals surface area contributed by atoms with Gasteiger partial charge in [0.25, 0.3) is 0 Å². The minimum absolute atomic E-state index is 0.247. The fraction of sp³-hybridized carbons (Fsp3) is 0.333. The molecule has 144 valence electrons. The van der Waals surface area contributed by atoms with Crippen molar-refractivity contribution in [3.8, 4) is 11.5 Å². The molecular weight excluding hydrogens is 364 g/mol. The second-order valence-corrected chi connectivity index (χ2v) is 6.62. The van der Waals surface area contributed by atoms with Crippen molar-refractivity contribution in [3.63, 3.8) is 0 Å². The smallest absolute Gasteiger partial charge is 0.236 e. The molecule has 1 amide bonds. The zero-order chi connectivity index (χ0) is 19.6. The van der Waals surface area contributed by atoms with E-state index in [2.05, 4.69) is 36.5 Å². The van der Waals surface area contributed by atoms with Gasteiger partial charge in [0.2, 0.25) is 5.91 Å². The molecule has 6 heteroatoms. The fourth-order valence-corrected chi connectivity index (χ4v) is 2.56. The van der Waals surface area contributed by atoms with Crippen LogP contribution in [0.15, 0.2) is 47.6 Å². The van der Waals surface area contributed by atoms with Gasteiger partial charge in [-0.2, -0.15) is 5.10 Å². The van der Waals surface area contributed by atoms with Crippen LogP contribution in [0.4, 0.5) is 0 Å². The second kappa shape index (κ2) is 10.6. The Hall–Kier alpha value is -2.53. The number of nitrogens with one attached hydrogen (secondary N) is 1. The summed E-state index contributed by atoms with van der Waals surface area (Å²) >= 11 is 6.02. The van der Waals surface area contributed by atoms with Crippen LogP contribution in [0.25, 0.3) is 0 Å². The first-order chi connectivity index (χ1) is 13.0. The summed E-state index contributed by atoms with van der Waals surface area (Å²) in [6, 6.07) is 13.4. The van der Waals surface area contributed by atoms with E-state index in [0.29, 0.717) is 35.5 Å². The van der Waals surface area contributed by atoms with E-state index in [1.54, 1.807) is 18.2 Å². The average molecular weight is 389 g/mol. The highest BCUT2D eigenvalue weighted by Gasteiger charge is 2.05. The monoisotopic (exact) mass is 388 g/mol. The van der Waals surface area contributed by atoms with E-state index in [4.69, 9.17) is 21.1 Å². The Labute approximate surface area is 165 Å². The summed E-state index contributed by atoms with van der Waals surface area (Å²) < 4.78 is 11.5. The van der Waals surface area contributed by atoms with Crippen molar-refractivity contribution in [2.24, 2.45) is 5.10 Å². The Morgan fingerprint density at radius 1 is 1.19 bits per heavy atom. The molecule has 2 aromatic carbocycles. The summed E-state index contributed by atoms with van der Waals surface area (Å²) in [6.45, 7) is 6.56. The maximum atomic E-state index is 10.9. The predicted octanol–water partition coefficient (Wildman–Crippen LogP) is 4.78. The zero-order valence-electron chi connectivity index (χ0n) is 15.9. The summed E-state index contributed by atoms with van der Waals surface area (Å²) in [4.78, 5) is 10.9. The number of halogens is 1. The van der Waals surface area contributed by atoms with Crippen LogP contribution in [-0.2, 0) is 4.79 Å². The fourth-order valence-electron chi connectivity index (χ4n) is 2.38. The number of amides is 1. The third kappa shape index (κ3) is 6.94. The molecule has 0 fully saturated rings. The first-order valence-corrected chi connectivity index (χ1v) is 9.32. The predicted molar refractivity (Wildman–Crippen MR) is 109 cm³/mol. The van der Waals surface area contributed by atoms with Crippen LogP contribution in [0.2, 0.25) is 5.02 Å². The van der Waals surface area contributed by atoms with Gasteiger partial charge in [0.05, 0.1) is 6.21 Å². The average Bonchev–Trinajstić information content (AvgIpc) is 2.66. The summed E-state index contributed by atoms with van der Waals surface area (Å²) in [6.07, 6.45) is 2.61. The van der Waals surface area contributed by atoms with Gasteiger partial charge in [0, 0.05) is 17.5 Å². The zero-order valence-corrected chi connectivity index (χ0v) is 16.6. The molecule has 0 saturated heterocycles. The molecule has 1 N–H and O–H groups in total. The highest BCUT2D eigenvalue weighted by Crippen LogP contribution is 2.23. The quantitative estimate of drug-likeness (QED) is 0.382. The number of nitrogens with zero attached hydrogens (tertiary/aromatic N) is 1. The standard InChI is InChI=1S/C21H25ClN2O3/c1-4-15(2)17-5-8-20(9-6-17)26-11-12-27-21-10-7-19(22)13-18(21)14-23-24-16(3)25/h5-10,13-15H,4,11-12H2,1-3H3,(H,24,25)/b23-14-/t15-/m1/s1. The highest BCUT2D eigenvalue weighted by atomic mass is 35.5. The van der Waals surface area contributed by atoms with Crippen LogP contribution < -0.4 is 14.9 Å². The molecule has 0 spiro atoms. The molecule has 5 nitrogen and oxygen atoms in total. The lowest BCUT2D eigenvalue weighted by Crippen LogP contribution is -2.13. The Morgan fingerprint density at radius 2 is 1.89 bits per heavy atom. The van der Waals surface area contributed by atoms with Crippen molar-refractivity contribution in [1.82, 2.24) is 5.43 Å². The van der Waals surface area contributed by atoms with Gasteiger partial charge in [-0.15, -0.1) is 0 Å². The maximum Gasteiger partial charge on any atom is 0.236 e. The molecular formula is C21H25ClN2O3. The molecule has 2 rings (SSSR count). The Bertz CT molecular complexity index is 775. The number of rotatable bonds is 9. The van der Waals surface area contributed by atoms with Crippen molar-refractivity contribution < 1.29 is 14.3 Å². The molecule has 0 aliphatic rings. The van der Waals surface area contributed by atoms with Crippen LogP contribution >= 0.6 is 11.6 Å². The lowest BCUT2D eigenvalue weighted by Gasteiger charge is -2.12. The van der Waals surface area contributed by atoms with Crippen molar-refractivity contribution >= 4 is 23.7 Å². The number of hydrogen-bond donors (Lipinski definition) is 1. The molecule has 0 aliphatic heterocycles. The van der Waals surface area contributed by atoms with Crippen LogP contribution in [0.5, 0.6) is 11.5 Å². The van der Waals surface area contributed by atoms with E-state index in [9.17, 15) is 4.79 Å². The molecule has 2 aromatic rings. The number of ether oxygens (including phenoxy) is 2. The van der Waals surface area contributed by atoms with E-state index >= 15 is 0 Å². The van der Waals surface area contributed by atoms with Crippen LogP contribution in [0.3, 0.4) is 0 Å². The van der Waals surface area contributed by atoms with Gasteiger partial charge in [0.1, 0.15) is 24.7 Å². The number of carbonyl (C=O) groups excluding carboxylic acids is 1. The summed E-state index contributed by atoms with van der Waals surface area (Å²) in [7, 11) is 0. The maximum absolute atomic E-state index is 10.9. The van der Waals surface area contributed by atoms with Gasteiger partial charge in [0.15, 0.2) is 0 Å². The SMILES string of the molecule is CC[C@@H](C)c1ccc(OCCOc2ccc(Cl)cc2/C=N\NC(C)=O)cc1. The normalized spacial score (nSPS) is 12.0. The molecule has 0 radical (unpaired) electrons. The number of benzene rings is 2. The van der Waals surface area contributed by atoms with Gasteiger partial charge in [-0.05, 0) is 48.2 Å². The highest BCUT2D eigenvalue weighted by molar-refractivity contribution is 6.30. The van der Waals surface area contributed by atoms with Gasteiger partial charge in [-0.1, -0.05) is 37.6 Å². The Balaban J connectivity index is 1.87. The van der Waals surface area contributed by atoms with Crippen molar-refractivity contribution in [2.45, 2.75) is 33.1 Å². The van der Waals surface area contributed by atoms with Gasteiger partial charge < -0.3 is 9.47 Å². The molecule has 1 atom stereocenters. The first-order valence-electron chi connectivity index (χ1n) is 8.94. The van der Waals surface area contributed by atoms with E-state index in [0.717, 1.165) is 12.2 Å². The van der Waals surface area contributed by atoms with E-state index in [1.807, 2.05) is 12.1 Å². The summed E-state index contributed by atoms with van der Waals surface area (Å²) in [5.74, 6) is 1.73. The molecule has 0 aliphatic carbocycles. The topological polar surface area (TPSA) is 59.9 Å². The molecule has 0 aromatic heterocycles.